The summed E-state index contributed by atoms with van der Waals surface area (Å²) in [6.45, 7) is 1.16. The molecule has 4 rings (SSSR count). The van der Waals surface area contributed by atoms with E-state index >= 15 is 0 Å². The van der Waals surface area contributed by atoms with Crippen LogP contribution in [-0.4, -0.2) is 35.2 Å². The topological polar surface area (TPSA) is 49.8 Å². The van der Waals surface area contributed by atoms with Gasteiger partial charge in [0.1, 0.15) is 0 Å². The molecule has 0 radical (unpaired) electrons. The molecule has 2 aliphatic rings. The third kappa shape index (κ3) is 2.52. The maximum atomic E-state index is 12.9. The van der Waals surface area contributed by atoms with Crippen molar-refractivity contribution in [1.82, 2.24) is 4.90 Å². The number of carbonyl (C=O) groups excluding carboxylic acids is 1. The van der Waals surface area contributed by atoms with Crippen molar-refractivity contribution in [2.24, 2.45) is 0 Å². The zero-order valence-electron chi connectivity index (χ0n) is 13.5. The van der Waals surface area contributed by atoms with Crippen LogP contribution in [0.25, 0.3) is 0 Å². The highest BCUT2D eigenvalue weighted by Gasteiger charge is 2.49. The summed E-state index contributed by atoms with van der Waals surface area (Å²) in [5.74, 6) is -0.112. The van der Waals surface area contributed by atoms with Gasteiger partial charge in [-0.25, -0.2) is 0 Å². The highest BCUT2D eigenvalue weighted by molar-refractivity contribution is 5.99. The van der Waals surface area contributed by atoms with Crippen LogP contribution in [0.3, 0.4) is 0 Å². The van der Waals surface area contributed by atoms with Crippen LogP contribution in [0.2, 0.25) is 0 Å². The molecule has 4 nitrogen and oxygen atoms in total. The number of aliphatic hydroxyl groups is 1. The number of hydrogen-bond donors (Lipinski definition) is 1. The molecule has 0 aromatic heterocycles. The first-order chi connectivity index (χ1) is 11.7. The Morgan fingerprint density at radius 2 is 1.88 bits per heavy atom. The monoisotopic (exact) mass is 323 g/mol. The van der Waals surface area contributed by atoms with Gasteiger partial charge < -0.3 is 14.7 Å². The predicted octanol–water partition coefficient (Wildman–Crippen LogP) is 2.71. The van der Waals surface area contributed by atoms with Gasteiger partial charge in [0.25, 0.3) is 5.91 Å². The molecule has 2 heterocycles. The van der Waals surface area contributed by atoms with E-state index in [4.69, 9.17) is 4.74 Å². The van der Waals surface area contributed by atoms with E-state index in [9.17, 15) is 9.90 Å². The molecule has 1 fully saturated rings. The number of carbonyl (C=O) groups is 1. The number of amides is 1. The lowest BCUT2D eigenvalue weighted by molar-refractivity contribution is -0.0973. The van der Waals surface area contributed by atoms with E-state index in [2.05, 4.69) is 0 Å². The summed E-state index contributed by atoms with van der Waals surface area (Å²) in [4.78, 5) is 14.5. The first kappa shape index (κ1) is 15.4. The second-order valence-corrected chi connectivity index (χ2v) is 6.58. The highest BCUT2D eigenvalue weighted by atomic mass is 16.5. The van der Waals surface area contributed by atoms with Crippen LogP contribution in [0.5, 0.6) is 0 Å². The van der Waals surface area contributed by atoms with Gasteiger partial charge >= 0.3 is 0 Å². The summed E-state index contributed by atoms with van der Waals surface area (Å²) >= 11 is 0. The van der Waals surface area contributed by atoms with Crippen molar-refractivity contribution < 1.29 is 14.6 Å². The summed E-state index contributed by atoms with van der Waals surface area (Å²) in [5.41, 5.74) is 0.966. The molecule has 1 N–H and O–H groups in total. The Hall–Kier alpha value is -2.17. The molecule has 2 aliphatic heterocycles. The molecular formula is C20H21NO3. The van der Waals surface area contributed by atoms with Crippen LogP contribution in [0.1, 0.15) is 34.3 Å². The van der Waals surface area contributed by atoms with E-state index in [0.29, 0.717) is 24.1 Å². The minimum absolute atomic E-state index is 0.00515. The fraction of sp³-hybridized carbons (Fsp3) is 0.350. The minimum atomic E-state index is -1.32. The second-order valence-electron chi connectivity index (χ2n) is 6.58. The van der Waals surface area contributed by atoms with E-state index in [1.165, 1.54) is 0 Å². The summed E-state index contributed by atoms with van der Waals surface area (Å²) in [7, 11) is 0. The highest BCUT2D eigenvalue weighted by Crippen LogP contribution is 2.40. The Kier molecular flexibility index (Phi) is 3.87. The van der Waals surface area contributed by atoms with Crippen LogP contribution < -0.4 is 0 Å². The maximum Gasteiger partial charge on any atom is 0.256 e. The molecule has 0 bridgehead atoms. The second kappa shape index (κ2) is 6.04. The van der Waals surface area contributed by atoms with Crippen molar-refractivity contribution in [2.45, 2.75) is 31.1 Å². The van der Waals surface area contributed by atoms with Crippen molar-refractivity contribution in [1.29, 1.82) is 0 Å². The van der Waals surface area contributed by atoms with Crippen LogP contribution in [0, 0.1) is 0 Å². The van der Waals surface area contributed by atoms with Crippen LogP contribution in [0.15, 0.2) is 54.6 Å². The number of rotatable bonds is 4. The Morgan fingerprint density at radius 3 is 2.62 bits per heavy atom. The van der Waals surface area contributed by atoms with Gasteiger partial charge in [-0.05, 0) is 24.5 Å². The average Bonchev–Trinajstić information content (AvgIpc) is 3.19. The van der Waals surface area contributed by atoms with Gasteiger partial charge in [0.15, 0.2) is 5.72 Å². The number of fused-ring (bicyclic) bond motifs is 1. The molecule has 4 heteroatoms. The number of hydrogen-bond acceptors (Lipinski definition) is 3. The SMILES string of the molecule is O=C1c2ccccc2[C@@](O)(Cc2ccccc2)N1C[C@H]1CCCO1. The van der Waals surface area contributed by atoms with Crippen LogP contribution >= 0.6 is 0 Å². The Balaban J connectivity index is 1.72. The molecule has 1 saturated heterocycles. The van der Waals surface area contributed by atoms with E-state index in [-0.39, 0.29) is 12.0 Å². The maximum absolute atomic E-state index is 12.9. The Labute approximate surface area is 141 Å². The lowest BCUT2D eigenvalue weighted by Gasteiger charge is -2.36. The zero-order valence-corrected chi connectivity index (χ0v) is 13.5. The molecule has 24 heavy (non-hydrogen) atoms. The summed E-state index contributed by atoms with van der Waals surface area (Å²) < 4.78 is 5.70. The van der Waals surface area contributed by atoms with Gasteiger partial charge in [-0.1, -0.05) is 48.5 Å². The molecule has 0 spiro atoms. The fourth-order valence-electron chi connectivity index (χ4n) is 3.77. The fourth-order valence-corrected chi connectivity index (χ4v) is 3.77. The predicted molar refractivity (Wildman–Crippen MR) is 90.5 cm³/mol. The minimum Gasteiger partial charge on any atom is -0.376 e. The third-order valence-electron chi connectivity index (χ3n) is 4.98. The molecule has 2 aromatic rings. The molecule has 0 unspecified atom stereocenters. The standard InChI is InChI=1S/C20H21NO3/c22-19-17-10-4-5-11-18(17)20(23,13-15-7-2-1-3-8-15)21(19)14-16-9-6-12-24-16/h1-5,7-8,10-11,16,23H,6,9,12-14H2/t16-,20+/m1/s1. The Morgan fingerprint density at radius 1 is 1.12 bits per heavy atom. The van der Waals surface area contributed by atoms with Crippen molar-refractivity contribution in [3.05, 3.63) is 71.3 Å². The van der Waals surface area contributed by atoms with Gasteiger partial charge in [-0.2, -0.15) is 0 Å². The van der Waals surface area contributed by atoms with Crippen LogP contribution in [0.4, 0.5) is 0 Å². The van der Waals surface area contributed by atoms with Gasteiger partial charge in [0.2, 0.25) is 0 Å². The van der Waals surface area contributed by atoms with Crippen molar-refractivity contribution >= 4 is 5.91 Å². The lowest BCUT2D eigenvalue weighted by atomic mass is 9.94. The molecule has 1 amide bonds. The molecular weight excluding hydrogens is 302 g/mol. The van der Waals surface area contributed by atoms with E-state index in [1.54, 1.807) is 11.0 Å². The van der Waals surface area contributed by atoms with E-state index in [0.717, 1.165) is 25.0 Å². The van der Waals surface area contributed by atoms with Gasteiger partial charge in [0.05, 0.1) is 12.6 Å². The lowest BCUT2D eigenvalue weighted by Crippen LogP contribution is -2.48. The molecule has 124 valence electrons. The van der Waals surface area contributed by atoms with Gasteiger partial charge in [0, 0.05) is 24.2 Å². The van der Waals surface area contributed by atoms with Gasteiger partial charge in [-0.3, -0.25) is 4.79 Å². The van der Waals surface area contributed by atoms with Crippen molar-refractivity contribution in [2.75, 3.05) is 13.2 Å². The largest absolute Gasteiger partial charge is 0.376 e. The van der Waals surface area contributed by atoms with Gasteiger partial charge in [-0.15, -0.1) is 0 Å². The van der Waals surface area contributed by atoms with Crippen LogP contribution in [-0.2, 0) is 16.9 Å². The Bertz CT molecular complexity index is 740. The van der Waals surface area contributed by atoms with Crippen molar-refractivity contribution in [3.8, 4) is 0 Å². The summed E-state index contributed by atoms with van der Waals surface area (Å²) in [6, 6.07) is 17.2. The number of ether oxygens (including phenoxy) is 1. The molecule has 0 aliphatic carbocycles. The first-order valence-electron chi connectivity index (χ1n) is 8.48. The quantitative estimate of drug-likeness (QED) is 0.941. The van der Waals surface area contributed by atoms with Crippen molar-refractivity contribution in [3.63, 3.8) is 0 Å². The van der Waals surface area contributed by atoms with E-state index < -0.39 is 5.72 Å². The molecule has 0 saturated carbocycles. The smallest absolute Gasteiger partial charge is 0.256 e. The zero-order chi connectivity index (χ0) is 16.6. The first-order valence-corrected chi connectivity index (χ1v) is 8.48. The molecule has 2 atom stereocenters. The number of nitrogens with zero attached hydrogens (tertiary/aromatic N) is 1. The third-order valence-corrected chi connectivity index (χ3v) is 4.98. The van der Waals surface area contributed by atoms with E-state index in [1.807, 2.05) is 48.5 Å². The summed E-state index contributed by atoms with van der Waals surface area (Å²) in [5, 5.41) is 11.5. The number of benzene rings is 2. The normalized spacial score (nSPS) is 26.0. The molecule has 2 aromatic carbocycles. The average molecular weight is 323 g/mol. The summed E-state index contributed by atoms with van der Waals surface area (Å²) in [6.07, 6.45) is 2.33.